The van der Waals surface area contributed by atoms with Crippen molar-refractivity contribution >= 4 is 5.97 Å². The Hall–Kier alpha value is -1.57. The largest absolute Gasteiger partial charge is 0.469 e. The average molecular weight is 232 g/mol. The van der Waals surface area contributed by atoms with Crippen molar-refractivity contribution in [3.63, 3.8) is 0 Å². The van der Waals surface area contributed by atoms with E-state index in [0.29, 0.717) is 0 Å². The van der Waals surface area contributed by atoms with Crippen molar-refractivity contribution in [1.29, 1.82) is 0 Å². The minimum atomic E-state index is -0.163. The SMILES string of the molecule is C=C(C)[C@H](c1ccccc1)[C@H](CC)C(=O)OC. The van der Waals surface area contributed by atoms with Gasteiger partial charge in [-0.3, -0.25) is 4.79 Å². The van der Waals surface area contributed by atoms with Crippen molar-refractivity contribution in [2.24, 2.45) is 5.92 Å². The lowest BCUT2D eigenvalue weighted by molar-refractivity contribution is -0.146. The first kappa shape index (κ1) is 13.5. The molecule has 0 aliphatic rings. The van der Waals surface area contributed by atoms with Gasteiger partial charge in [0.25, 0.3) is 0 Å². The third-order valence-corrected chi connectivity index (χ3v) is 3.04. The molecule has 0 aliphatic carbocycles. The van der Waals surface area contributed by atoms with Crippen LogP contribution < -0.4 is 0 Å². The maximum Gasteiger partial charge on any atom is 0.309 e. The third kappa shape index (κ3) is 3.19. The standard InChI is InChI=1S/C15H20O2/c1-5-13(15(16)17-4)14(11(2)3)12-9-7-6-8-10-12/h6-10,13-14H,2,5H2,1,3-4H3/t13-,14+/m0/s1. The molecule has 1 aromatic rings. The van der Waals surface area contributed by atoms with Crippen LogP contribution in [0.4, 0.5) is 0 Å². The highest BCUT2D eigenvalue weighted by Gasteiger charge is 2.29. The highest BCUT2D eigenvalue weighted by atomic mass is 16.5. The molecule has 2 heteroatoms. The van der Waals surface area contributed by atoms with E-state index in [4.69, 9.17) is 4.74 Å². The summed E-state index contributed by atoms with van der Waals surface area (Å²) >= 11 is 0. The summed E-state index contributed by atoms with van der Waals surface area (Å²) in [5, 5.41) is 0. The molecule has 0 N–H and O–H groups in total. The fourth-order valence-electron chi connectivity index (χ4n) is 2.21. The number of methoxy groups -OCH3 is 1. The Morgan fingerprint density at radius 3 is 2.35 bits per heavy atom. The summed E-state index contributed by atoms with van der Waals surface area (Å²) in [6, 6.07) is 10.00. The number of benzene rings is 1. The molecule has 0 saturated carbocycles. The minimum Gasteiger partial charge on any atom is -0.469 e. The van der Waals surface area contributed by atoms with E-state index in [2.05, 4.69) is 6.58 Å². The summed E-state index contributed by atoms with van der Waals surface area (Å²) in [5.74, 6) is -0.280. The first-order valence-electron chi connectivity index (χ1n) is 5.90. The van der Waals surface area contributed by atoms with Gasteiger partial charge < -0.3 is 4.74 Å². The number of hydrogen-bond acceptors (Lipinski definition) is 2. The number of carbonyl (C=O) groups excluding carboxylic acids is 1. The van der Waals surface area contributed by atoms with E-state index >= 15 is 0 Å². The van der Waals surface area contributed by atoms with Gasteiger partial charge in [0.05, 0.1) is 13.0 Å². The molecule has 17 heavy (non-hydrogen) atoms. The molecule has 2 atom stereocenters. The molecule has 0 unspecified atom stereocenters. The lowest BCUT2D eigenvalue weighted by Crippen LogP contribution is -2.23. The van der Waals surface area contributed by atoms with Gasteiger partial charge in [-0.15, -0.1) is 0 Å². The fraction of sp³-hybridized carbons (Fsp3) is 0.400. The van der Waals surface area contributed by atoms with Gasteiger partial charge in [0.2, 0.25) is 0 Å². The Labute approximate surface area is 103 Å². The number of esters is 1. The molecular formula is C15H20O2. The maximum atomic E-state index is 11.8. The lowest BCUT2D eigenvalue weighted by Gasteiger charge is -2.25. The van der Waals surface area contributed by atoms with Gasteiger partial charge in [0.15, 0.2) is 0 Å². The number of hydrogen-bond donors (Lipinski definition) is 0. The zero-order valence-electron chi connectivity index (χ0n) is 10.8. The van der Waals surface area contributed by atoms with Crippen LogP contribution in [-0.2, 0) is 9.53 Å². The van der Waals surface area contributed by atoms with Gasteiger partial charge >= 0.3 is 5.97 Å². The summed E-state index contributed by atoms with van der Waals surface area (Å²) in [5.41, 5.74) is 2.12. The topological polar surface area (TPSA) is 26.3 Å². The van der Waals surface area contributed by atoms with Gasteiger partial charge in [0, 0.05) is 5.92 Å². The molecular weight excluding hydrogens is 212 g/mol. The molecule has 1 aromatic carbocycles. The van der Waals surface area contributed by atoms with E-state index in [0.717, 1.165) is 17.6 Å². The second-order valence-corrected chi connectivity index (χ2v) is 4.27. The van der Waals surface area contributed by atoms with Crippen LogP contribution in [0.2, 0.25) is 0 Å². The van der Waals surface area contributed by atoms with Crippen LogP contribution in [0.5, 0.6) is 0 Å². The van der Waals surface area contributed by atoms with E-state index < -0.39 is 0 Å². The Bertz CT molecular complexity index is 381. The summed E-state index contributed by atoms with van der Waals surface area (Å²) in [6.45, 7) is 7.97. The average Bonchev–Trinajstić information content (AvgIpc) is 2.35. The molecule has 0 fully saturated rings. The molecule has 0 spiro atoms. The van der Waals surface area contributed by atoms with E-state index in [1.54, 1.807) is 0 Å². The molecule has 0 saturated heterocycles. The van der Waals surface area contributed by atoms with Crippen molar-refractivity contribution in [1.82, 2.24) is 0 Å². The van der Waals surface area contributed by atoms with E-state index in [1.807, 2.05) is 44.2 Å². The molecule has 0 heterocycles. The van der Waals surface area contributed by atoms with E-state index in [1.165, 1.54) is 7.11 Å². The normalized spacial score (nSPS) is 13.8. The summed E-state index contributed by atoms with van der Waals surface area (Å²) in [7, 11) is 1.44. The molecule has 0 aliphatic heterocycles. The fourth-order valence-corrected chi connectivity index (χ4v) is 2.21. The highest BCUT2D eigenvalue weighted by molar-refractivity contribution is 5.74. The second kappa shape index (κ2) is 6.24. The van der Waals surface area contributed by atoms with Crippen molar-refractivity contribution in [3.05, 3.63) is 48.0 Å². The zero-order chi connectivity index (χ0) is 12.8. The van der Waals surface area contributed by atoms with Crippen molar-refractivity contribution in [2.45, 2.75) is 26.2 Å². The lowest BCUT2D eigenvalue weighted by atomic mass is 9.80. The molecule has 0 amide bonds. The predicted molar refractivity (Wildman–Crippen MR) is 69.8 cm³/mol. The zero-order valence-corrected chi connectivity index (χ0v) is 10.8. The number of ether oxygens (including phenoxy) is 1. The molecule has 1 rings (SSSR count). The highest BCUT2D eigenvalue weighted by Crippen LogP contribution is 2.33. The smallest absolute Gasteiger partial charge is 0.309 e. The van der Waals surface area contributed by atoms with Gasteiger partial charge in [-0.1, -0.05) is 49.4 Å². The summed E-state index contributed by atoms with van der Waals surface area (Å²) in [4.78, 5) is 11.8. The second-order valence-electron chi connectivity index (χ2n) is 4.27. The van der Waals surface area contributed by atoms with Gasteiger partial charge in [0.1, 0.15) is 0 Å². The molecule has 0 aromatic heterocycles. The van der Waals surface area contributed by atoms with Crippen molar-refractivity contribution < 1.29 is 9.53 Å². The van der Waals surface area contributed by atoms with Crippen LogP contribution in [0.15, 0.2) is 42.5 Å². The number of carbonyl (C=O) groups is 1. The van der Waals surface area contributed by atoms with E-state index in [9.17, 15) is 4.79 Å². The van der Waals surface area contributed by atoms with Gasteiger partial charge in [-0.25, -0.2) is 0 Å². The number of allylic oxidation sites excluding steroid dienone is 1. The molecule has 92 valence electrons. The molecule has 0 radical (unpaired) electrons. The van der Waals surface area contributed by atoms with Crippen LogP contribution >= 0.6 is 0 Å². The van der Waals surface area contributed by atoms with Crippen molar-refractivity contribution in [2.75, 3.05) is 7.11 Å². The van der Waals surface area contributed by atoms with Gasteiger partial charge in [-0.05, 0) is 18.9 Å². The Balaban J connectivity index is 3.08. The van der Waals surface area contributed by atoms with E-state index in [-0.39, 0.29) is 17.8 Å². The van der Waals surface area contributed by atoms with Crippen LogP contribution in [0.25, 0.3) is 0 Å². The minimum absolute atomic E-state index is 0.0358. The Morgan fingerprint density at radius 1 is 1.35 bits per heavy atom. The van der Waals surface area contributed by atoms with Crippen LogP contribution in [0.3, 0.4) is 0 Å². The predicted octanol–water partition coefficient (Wildman–Crippen LogP) is 3.55. The maximum absolute atomic E-state index is 11.8. The first-order valence-corrected chi connectivity index (χ1v) is 5.90. The van der Waals surface area contributed by atoms with Crippen LogP contribution in [0.1, 0.15) is 31.7 Å². The Kier molecular flexibility index (Phi) is 4.95. The monoisotopic (exact) mass is 232 g/mol. The van der Waals surface area contributed by atoms with Gasteiger partial charge in [-0.2, -0.15) is 0 Å². The third-order valence-electron chi connectivity index (χ3n) is 3.04. The first-order chi connectivity index (χ1) is 8.11. The van der Waals surface area contributed by atoms with Crippen LogP contribution in [-0.4, -0.2) is 13.1 Å². The van der Waals surface area contributed by atoms with Crippen LogP contribution in [0, 0.1) is 5.92 Å². The molecule has 0 bridgehead atoms. The van der Waals surface area contributed by atoms with Crippen molar-refractivity contribution in [3.8, 4) is 0 Å². The quantitative estimate of drug-likeness (QED) is 0.573. The Morgan fingerprint density at radius 2 is 1.94 bits per heavy atom. The summed E-state index contributed by atoms with van der Waals surface area (Å²) in [6.07, 6.45) is 0.749. The summed E-state index contributed by atoms with van der Waals surface area (Å²) < 4.78 is 4.88. The molecule has 2 nitrogen and oxygen atoms in total. The number of rotatable bonds is 5.